The molecule has 8 N–H and O–H groups in total. The van der Waals surface area contributed by atoms with Crippen LogP contribution in [0, 0.1) is 0 Å². The highest BCUT2D eigenvalue weighted by atomic mass is 32.1. The first-order chi connectivity index (χ1) is 10.1. The molecule has 0 aliphatic rings. The van der Waals surface area contributed by atoms with Gasteiger partial charge < -0.3 is 41.1 Å². The highest BCUT2D eigenvalue weighted by Crippen LogP contribution is 2.04. The highest BCUT2D eigenvalue weighted by Gasteiger charge is 2.29. The molecule has 1 unspecified atom stereocenters. The molecular formula is C11H23NO9S. The molecule has 0 heterocycles. The molecule has 0 spiro atoms. The molecule has 0 saturated heterocycles. The molecule has 0 saturated carbocycles. The first-order valence-corrected chi connectivity index (χ1v) is 6.80. The Morgan fingerprint density at radius 1 is 1.00 bits per heavy atom. The third kappa shape index (κ3) is 9.89. The molecule has 11 heteroatoms. The monoisotopic (exact) mass is 345 g/mol. The molecule has 0 aromatic carbocycles. The van der Waals surface area contributed by atoms with E-state index >= 15 is 0 Å². The summed E-state index contributed by atoms with van der Waals surface area (Å²) in [6.07, 6.45) is -6.39. The van der Waals surface area contributed by atoms with E-state index in [-0.39, 0.29) is 11.7 Å². The number of carboxylic acid groups (broad SMARTS) is 1. The summed E-state index contributed by atoms with van der Waals surface area (Å²) >= 11 is 3.73. The maximum absolute atomic E-state index is 10.3. The van der Waals surface area contributed by atoms with Crippen molar-refractivity contribution < 1.29 is 45.3 Å². The van der Waals surface area contributed by atoms with Crippen LogP contribution in [-0.2, 0) is 9.59 Å². The molecule has 0 fully saturated rings. The van der Waals surface area contributed by atoms with E-state index in [2.05, 4.69) is 17.9 Å². The summed E-state index contributed by atoms with van der Waals surface area (Å²) in [4.78, 5) is 20.5. The van der Waals surface area contributed by atoms with Crippen molar-refractivity contribution in [3.05, 3.63) is 0 Å². The van der Waals surface area contributed by atoms with Gasteiger partial charge in [-0.2, -0.15) is 12.6 Å². The number of thiol groups is 1. The Bertz CT molecular complexity index is 317. The van der Waals surface area contributed by atoms with Crippen LogP contribution in [0.2, 0.25) is 0 Å². The molecule has 0 aromatic rings. The number of aliphatic carboxylic acids is 1. The lowest BCUT2D eigenvalue weighted by Gasteiger charge is -2.24. The fourth-order valence-corrected chi connectivity index (χ4v) is 1.35. The summed E-state index contributed by atoms with van der Waals surface area (Å²) < 4.78 is 0. The van der Waals surface area contributed by atoms with Gasteiger partial charge in [-0.25, -0.2) is 4.79 Å². The van der Waals surface area contributed by atoms with E-state index in [1.165, 1.54) is 6.92 Å². The largest absolute Gasteiger partial charge is 0.480 e. The number of carboxylic acids is 1. The van der Waals surface area contributed by atoms with Crippen LogP contribution in [0.25, 0.3) is 0 Å². The predicted octanol–water partition coefficient (Wildman–Crippen LogP) is -4.08. The van der Waals surface area contributed by atoms with E-state index in [0.29, 0.717) is 0 Å². The van der Waals surface area contributed by atoms with E-state index in [0.717, 1.165) is 0 Å². The van der Waals surface area contributed by atoms with Crippen LogP contribution in [0.5, 0.6) is 0 Å². The van der Waals surface area contributed by atoms with E-state index in [1.54, 1.807) is 0 Å². The Hall–Kier alpha value is -0.950. The fourth-order valence-electron chi connectivity index (χ4n) is 1.10. The van der Waals surface area contributed by atoms with E-state index < -0.39 is 49.6 Å². The van der Waals surface area contributed by atoms with Crippen LogP contribution >= 0.6 is 12.6 Å². The topological polar surface area (TPSA) is 188 Å². The van der Waals surface area contributed by atoms with Gasteiger partial charge in [0.05, 0.1) is 13.2 Å². The van der Waals surface area contributed by atoms with Crippen LogP contribution in [0.4, 0.5) is 0 Å². The van der Waals surface area contributed by atoms with Crippen molar-refractivity contribution in [2.75, 3.05) is 19.0 Å². The van der Waals surface area contributed by atoms with Crippen molar-refractivity contribution >= 4 is 24.5 Å². The summed E-state index contributed by atoms with van der Waals surface area (Å²) in [5.74, 6) is -1.32. The smallest absolute Gasteiger partial charge is 0.327 e. The number of carbonyl (C=O) groups excluding carboxylic acids is 1. The number of rotatable bonds is 8. The highest BCUT2D eigenvalue weighted by molar-refractivity contribution is 7.80. The third-order valence-electron chi connectivity index (χ3n) is 2.37. The van der Waals surface area contributed by atoms with E-state index in [1.807, 2.05) is 0 Å². The molecule has 5 atom stereocenters. The Morgan fingerprint density at radius 3 is 1.50 bits per heavy atom. The zero-order valence-electron chi connectivity index (χ0n) is 11.9. The van der Waals surface area contributed by atoms with Gasteiger partial charge in [0.1, 0.15) is 30.5 Å². The first-order valence-electron chi connectivity index (χ1n) is 6.17. The lowest BCUT2D eigenvalue weighted by Crippen LogP contribution is -2.46. The molecule has 10 nitrogen and oxygen atoms in total. The number of aliphatic hydroxyl groups excluding tert-OH is 6. The Kier molecular flexibility index (Phi) is 13.3. The second-order valence-electron chi connectivity index (χ2n) is 4.25. The second kappa shape index (κ2) is 12.6. The minimum atomic E-state index is -1.67. The fraction of sp³-hybridized carbons (Fsp3) is 0.818. The molecule has 132 valence electrons. The Balaban J connectivity index is 0. The summed E-state index contributed by atoms with van der Waals surface area (Å²) in [7, 11) is 0. The molecule has 22 heavy (non-hydrogen) atoms. The Morgan fingerprint density at radius 2 is 1.36 bits per heavy atom. The van der Waals surface area contributed by atoms with Gasteiger partial charge in [-0.15, -0.1) is 0 Å². The number of carbonyl (C=O) groups is 2. The van der Waals surface area contributed by atoms with Gasteiger partial charge in [0, 0.05) is 12.7 Å². The lowest BCUT2D eigenvalue weighted by atomic mass is 10.0. The summed E-state index contributed by atoms with van der Waals surface area (Å²) in [5.41, 5.74) is 0. The van der Waals surface area contributed by atoms with Gasteiger partial charge in [0.25, 0.3) is 0 Å². The minimum Gasteiger partial charge on any atom is -0.480 e. The van der Waals surface area contributed by atoms with Crippen molar-refractivity contribution in [3.8, 4) is 0 Å². The summed E-state index contributed by atoms with van der Waals surface area (Å²) in [6.45, 7) is -0.188. The number of nitrogens with one attached hydrogen (secondary N) is 1. The summed E-state index contributed by atoms with van der Waals surface area (Å²) in [5, 5.41) is 62.7. The van der Waals surface area contributed by atoms with Gasteiger partial charge >= 0.3 is 5.97 Å². The third-order valence-corrected chi connectivity index (χ3v) is 2.74. The SMILES string of the molecule is CC(=O)NC(CS)C(=O)O.OC[C@@H](O)[C@@H](O)[C@H](O)[C@H](O)CO. The van der Waals surface area contributed by atoms with Crippen molar-refractivity contribution in [3.63, 3.8) is 0 Å². The molecule has 0 aliphatic carbocycles. The van der Waals surface area contributed by atoms with Crippen molar-refractivity contribution in [2.45, 2.75) is 37.4 Å². The van der Waals surface area contributed by atoms with Gasteiger partial charge in [0.15, 0.2) is 0 Å². The van der Waals surface area contributed by atoms with Crippen molar-refractivity contribution in [2.24, 2.45) is 0 Å². The number of aliphatic hydroxyl groups is 6. The Labute approximate surface area is 132 Å². The molecular weight excluding hydrogens is 322 g/mol. The first kappa shape index (κ1) is 23.3. The maximum Gasteiger partial charge on any atom is 0.327 e. The molecule has 0 aromatic heterocycles. The average molecular weight is 345 g/mol. The van der Waals surface area contributed by atoms with Gasteiger partial charge in [-0.1, -0.05) is 0 Å². The molecule has 0 aliphatic heterocycles. The van der Waals surface area contributed by atoms with Crippen LogP contribution in [0.1, 0.15) is 6.92 Å². The van der Waals surface area contributed by atoms with E-state index in [4.69, 9.17) is 35.7 Å². The lowest BCUT2D eigenvalue weighted by molar-refractivity contribution is -0.140. The average Bonchev–Trinajstić information content (AvgIpc) is 2.49. The van der Waals surface area contributed by atoms with Crippen molar-refractivity contribution in [1.82, 2.24) is 5.32 Å². The van der Waals surface area contributed by atoms with Gasteiger partial charge in [0.2, 0.25) is 5.91 Å². The summed E-state index contributed by atoms with van der Waals surface area (Å²) in [6, 6.07) is -0.874. The van der Waals surface area contributed by atoms with Gasteiger partial charge in [-0.3, -0.25) is 4.79 Å². The molecule has 0 rings (SSSR count). The van der Waals surface area contributed by atoms with Crippen molar-refractivity contribution in [1.29, 1.82) is 0 Å². The normalized spacial score (nSPS) is 17.3. The van der Waals surface area contributed by atoms with Crippen LogP contribution in [-0.4, -0.2) is 97.0 Å². The van der Waals surface area contributed by atoms with Crippen LogP contribution < -0.4 is 5.32 Å². The predicted molar refractivity (Wildman–Crippen MR) is 77.3 cm³/mol. The number of hydrogen-bond acceptors (Lipinski definition) is 9. The van der Waals surface area contributed by atoms with Gasteiger partial charge in [-0.05, 0) is 0 Å². The standard InChI is InChI=1S/C6H14O6.C5H9NO3S/c7-1-3(9)5(11)6(12)4(10)2-8;1-3(7)6-4(2-10)5(8)9/h3-12H,1-2H2;4,10H,2H2,1H3,(H,6,7)(H,8,9)/t3-,4-,5-,6-;/m1./s1. The minimum absolute atomic E-state index is 0.106. The van der Waals surface area contributed by atoms with E-state index in [9.17, 15) is 9.59 Å². The maximum atomic E-state index is 10.3. The number of amides is 1. The quantitative estimate of drug-likeness (QED) is 0.197. The van der Waals surface area contributed by atoms with Crippen LogP contribution in [0.3, 0.4) is 0 Å². The number of hydrogen-bond donors (Lipinski definition) is 9. The second-order valence-corrected chi connectivity index (χ2v) is 4.62. The zero-order chi connectivity index (χ0) is 17.9. The zero-order valence-corrected chi connectivity index (χ0v) is 12.8. The molecule has 0 bridgehead atoms. The molecule has 1 amide bonds. The van der Waals surface area contributed by atoms with Crippen LogP contribution in [0.15, 0.2) is 0 Å². The molecule has 0 radical (unpaired) electrons.